The second kappa shape index (κ2) is 11.4. The zero-order valence-electron chi connectivity index (χ0n) is 12.0. The van der Waals surface area contributed by atoms with Crippen LogP contribution in [0.2, 0.25) is 0 Å². The van der Waals surface area contributed by atoms with E-state index in [-0.39, 0.29) is 12.0 Å². The number of carbonyl (C=O) groups excluding carboxylic acids is 1. The summed E-state index contributed by atoms with van der Waals surface area (Å²) in [7, 11) is 1.38. The van der Waals surface area contributed by atoms with Gasteiger partial charge in [-0.15, -0.1) is 0 Å². The number of methoxy groups -OCH3 is 1. The van der Waals surface area contributed by atoms with E-state index < -0.39 is 0 Å². The van der Waals surface area contributed by atoms with Crippen molar-refractivity contribution in [1.82, 2.24) is 5.32 Å². The summed E-state index contributed by atoms with van der Waals surface area (Å²) in [5.74, 6) is 0.241. The summed E-state index contributed by atoms with van der Waals surface area (Å²) in [6, 6.07) is -0.389. The molecular formula is C13H27NO4. The fourth-order valence-electron chi connectivity index (χ4n) is 1.31. The lowest BCUT2D eigenvalue weighted by Crippen LogP contribution is -2.42. The Bertz CT molecular complexity index is 209. The first-order chi connectivity index (χ1) is 8.61. The Labute approximate surface area is 110 Å². The number of rotatable bonds is 11. The lowest BCUT2D eigenvalue weighted by molar-refractivity contribution is -0.145. The Morgan fingerprint density at radius 2 is 1.78 bits per heavy atom. The molecule has 0 aliphatic carbocycles. The molecule has 0 aromatic carbocycles. The van der Waals surface area contributed by atoms with Crippen LogP contribution in [0.25, 0.3) is 0 Å². The number of ether oxygens (including phenoxy) is 3. The number of esters is 1. The zero-order valence-corrected chi connectivity index (χ0v) is 12.0. The average Bonchev–Trinajstić information content (AvgIpc) is 2.35. The molecule has 0 aliphatic rings. The Balaban J connectivity index is 3.65. The van der Waals surface area contributed by atoms with E-state index in [0.717, 1.165) is 19.6 Å². The van der Waals surface area contributed by atoms with Gasteiger partial charge in [0, 0.05) is 6.61 Å². The van der Waals surface area contributed by atoms with Crippen LogP contribution in [0.4, 0.5) is 0 Å². The van der Waals surface area contributed by atoms with E-state index in [1.54, 1.807) is 0 Å². The van der Waals surface area contributed by atoms with Crippen molar-refractivity contribution >= 4 is 5.97 Å². The summed E-state index contributed by atoms with van der Waals surface area (Å²) in [6.07, 6.45) is 0.963. The highest BCUT2D eigenvalue weighted by Crippen LogP contribution is 1.94. The second-order valence-electron chi connectivity index (χ2n) is 4.57. The van der Waals surface area contributed by atoms with Crippen LogP contribution in [0.3, 0.4) is 0 Å². The van der Waals surface area contributed by atoms with Crippen LogP contribution in [-0.4, -0.2) is 52.1 Å². The first-order valence-electron chi connectivity index (χ1n) is 6.58. The van der Waals surface area contributed by atoms with Crippen LogP contribution in [0.1, 0.15) is 27.2 Å². The molecule has 18 heavy (non-hydrogen) atoms. The number of carbonyl (C=O) groups is 1. The SMILES string of the molecule is CCCNC(COCCOCC(C)C)C(=O)OC. The van der Waals surface area contributed by atoms with E-state index in [2.05, 4.69) is 19.2 Å². The van der Waals surface area contributed by atoms with Crippen molar-refractivity contribution < 1.29 is 19.0 Å². The van der Waals surface area contributed by atoms with Crippen molar-refractivity contribution in [2.24, 2.45) is 5.92 Å². The van der Waals surface area contributed by atoms with Gasteiger partial charge >= 0.3 is 5.97 Å². The Kier molecular flexibility index (Phi) is 11.0. The van der Waals surface area contributed by atoms with Gasteiger partial charge in [-0.3, -0.25) is 4.79 Å². The van der Waals surface area contributed by atoms with E-state index >= 15 is 0 Å². The molecule has 0 saturated carbocycles. The van der Waals surface area contributed by atoms with Crippen molar-refractivity contribution in [3.05, 3.63) is 0 Å². The van der Waals surface area contributed by atoms with Crippen LogP contribution >= 0.6 is 0 Å². The van der Waals surface area contributed by atoms with Gasteiger partial charge in [-0.05, 0) is 18.9 Å². The van der Waals surface area contributed by atoms with Gasteiger partial charge < -0.3 is 19.5 Å². The van der Waals surface area contributed by atoms with Gasteiger partial charge in [-0.25, -0.2) is 0 Å². The van der Waals surface area contributed by atoms with Gasteiger partial charge in [0.2, 0.25) is 0 Å². The Morgan fingerprint density at radius 1 is 1.17 bits per heavy atom. The van der Waals surface area contributed by atoms with Crippen LogP contribution in [0.15, 0.2) is 0 Å². The monoisotopic (exact) mass is 261 g/mol. The van der Waals surface area contributed by atoms with Gasteiger partial charge in [0.15, 0.2) is 0 Å². The molecule has 1 N–H and O–H groups in total. The molecule has 0 heterocycles. The maximum Gasteiger partial charge on any atom is 0.325 e. The first-order valence-corrected chi connectivity index (χ1v) is 6.58. The molecule has 0 amide bonds. The smallest absolute Gasteiger partial charge is 0.325 e. The molecule has 0 fully saturated rings. The third-order valence-electron chi connectivity index (χ3n) is 2.23. The third-order valence-corrected chi connectivity index (χ3v) is 2.23. The summed E-state index contributed by atoms with van der Waals surface area (Å²) >= 11 is 0. The molecule has 5 heteroatoms. The lowest BCUT2D eigenvalue weighted by Gasteiger charge is -2.16. The largest absolute Gasteiger partial charge is 0.468 e. The molecule has 0 aliphatic heterocycles. The van der Waals surface area contributed by atoms with E-state index in [1.807, 2.05) is 6.92 Å². The van der Waals surface area contributed by atoms with E-state index in [4.69, 9.17) is 14.2 Å². The minimum Gasteiger partial charge on any atom is -0.468 e. The molecule has 5 nitrogen and oxygen atoms in total. The third kappa shape index (κ3) is 9.39. The molecular weight excluding hydrogens is 234 g/mol. The highest BCUT2D eigenvalue weighted by atomic mass is 16.5. The zero-order chi connectivity index (χ0) is 13.8. The fraction of sp³-hybridized carbons (Fsp3) is 0.923. The van der Waals surface area contributed by atoms with Crippen molar-refractivity contribution in [1.29, 1.82) is 0 Å². The van der Waals surface area contributed by atoms with Crippen LogP contribution in [0, 0.1) is 5.92 Å². The van der Waals surface area contributed by atoms with Gasteiger partial charge in [0.1, 0.15) is 6.04 Å². The summed E-state index contributed by atoms with van der Waals surface area (Å²) in [4.78, 5) is 11.4. The minimum atomic E-state index is -0.389. The number of nitrogens with one attached hydrogen (secondary N) is 1. The summed E-state index contributed by atoms with van der Waals surface area (Å²) in [5.41, 5.74) is 0. The molecule has 1 atom stereocenters. The van der Waals surface area contributed by atoms with Gasteiger partial charge in [-0.1, -0.05) is 20.8 Å². The number of hydrogen-bond acceptors (Lipinski definition) is 5. The molecule has 108 valence electrons. The second-order valence-corrected chi connectivity index (χ2v) is 4.57. The summed E-state index contributed by atoms with van der Waals surface area (Å²) in [6.45, 7) is 9.12. The standard InChI is InChI=1S/C13H27NO4/c1-5-6-14-12(13(15)16-4)10-18-8-7-17-9-11(2)3/h11-12,14H,5-10H2,1-4H3. The van der Waals surface area contributed by atoms with Crippen molar-refractivity contribution in [2.75, 3.05) is 40.1 Å². The molecule has 0 bridgehead atoms. The summed E-state index contributed by atoms with van der Waals surface area (Å²) < 4.78 is 15.5. The molecule has 0 rings (SSSR count). The van der Waals surface area contributed by atoms with Gasteiger partial charge in [0.05, 0.1) is 26.9 Å². The number of hydrogen-bond donors (Lipinski definition) is 1. The Morgan fingerprint density at radius 3 is 2.28 bits per heavy atom. The lowest BCUT2D eigenvalue weighted by atomic mass is 10.2. The van der Waals surface area contributed by atoms with Crippen molar-refractivity contribution in [3.63, 3.8) is 0 Å². The van der Waals surface area contributed by atoms with Gasteiger partial charge in [0.25, 0.3) is 0 Å². The van der Waals surface area contributed by atoms with E-state index in [1.165, 1.54) is 7.11 Å². The normalized spacial score (nSPS) is 12.7. The van der Waals surface area contributed by atoms with Crippen LogP contribution < -0.4 is 5.32 Å². The predicted molar refractivity (Wildman–Crippen MR) is 70.6 cm³/mol. The minimum absolute atomic E-state index is 0.286. The fourth-order valence-corrected chi connectivity index (χ4v) is 1.31. The van der Waals surface area contributed by atoms with Crippen molar-refractivity contribution in [2.45, 2.75) is 33.2 Å². The van der Waals surface area contributed by atoms with E-state index in [9.17, 15) is 4.79 Å². The van der Waals surface area contributed by atoms with Gasteiger partial charge in [-0.2, -0.15) is 0 Å². The molecule has 0 saturated heterocycles. The summed E-state index contributed by atoms with van der Waals surface area (Å²) in [5, 5.41) is 3.09. The maximum atomic E-state index is 11.4. The van der Waals surface area contributed by atoms with Crippen LogP contribution in [0.5, 0.6) is 0 Å². The molecule has 1 unspecified atom stereocenters. The average molecular weight is 261 g/mol. The van der Waals surface area contributed by atoms with Crippen molar-refractivity contribution in [3.8, 4) is 0 Å². The highest BCUT2D eigenvalue weighted by molar-refractivity contribution is 5.75. The maximum absolute atomic E-state index is 11.4. The van der Waals surface area contributed by atoms with E-state index in [0.29, 0.717) is 25.7 Å². The molecule has 0 spiro atoms. The van der Waals surface area contributed by atoms with Crippen LogP contribution in [-0.2, 0) is 19.0 Å². The topological polar surface area (TPSA) is 56.8 Å². The molecule has 0 aromatic heterocycles. The Hall–Kier alpha value is -0.650. The molecule has 0 aromatic rings. The predicted octanol–water partition coefficient (Wildman–Crippen LogP) is 1.22. The highest BCUT2D eigenvalue weighted by Gasteiger charge is 2.17. The quantitative estimate of drug-likeness (QED) is 0.447. The molecule has 0 radical (unpaired) electrons. The first kappa shape index (κ1) is 17.4.